The van der Waals surface area contributed by atoms with Crippen molar-refractivity contribution in [3.63, 3.8) is 0 Å². The number of nitrogens with two attached hydrogens (primary N) is 1. The molecule has 0 spiro atoms. The van der Waals surface area contributed by atoms with Crippen LogP contribution in [0.1, 0.15) is 0 Å². The number of aryl methyl sites for hydroxylation is 1. The topological polar surface area (TPSA) is 89.4 Å². The molecule has 0 atom stereocenters. The maximum Gasteiger partial charge on any atom is 0.346 e. The summed E-state index contributed by atoms with van der Waals surface area (Å²) >= 11 is 0. The maximum absolute atomic E-state index is 12.1. The molecule has 0 aromatic carbocycles. The second kappa shape index (κ2) is 5.54. The van der Waals surface area contributed by atoms with Crippen molar-refractivity contribution in [1.82, 2.24) is 19.2 Å². The van der Waals surface area contributed by atoms with Gasteiger partial charge in [-0.05, 0) is 0 Å². The zero-order valence-corrected chi connectivity index (χ0v) is 11.4. The van der Waals surface area contributed by atoms with Gasteiger partial charge in [0, 0.05) is 53.4 Å². The molecule has 0 radical (unpaired) electrons. The van der Waals surface area contributed by atoms with E-state index in [2.05, 4.69) is 10.00 Å². The molecule has 8 nitrogen and oxygen atoms in total. The largest absolute Gasteiger partial charge is 0.348 e. The van der Waals surface area contributed by atoms with Crippen LogP contribution in [-0.4, -0.2) is 58.5 Å². The Balaban J connectivity index is 2.21. The van der Waals surface area contributed by atoms with Crippen LogP contribution in [0.3, 0.4) is 0 Å². The standard InChI is InChI=1S/C11H20N6O2/c1-14-10(18)9(13-15(2)11(14)19)17-7-5-16(4-3-12)6-8-17/h3-8,12H2,1-2H3. The molecule has 0 amide bonds. The van der Waals surface area contributed by atoms with Crippen molar-refractivity contribution in [1.29, 1.82) is 0 Å². The lowest BCUT2D eigenvalue weighted by molar-refractivity contribution is 0.263. The number of hydrogen-bond acceptors (Lipinski definition) is 6. The summed E-state index contributed by atoms with van der Waals surface area (Å²) in [6.07, 6.45) is 0. The van der Waals surface area contributed by atoms with Crippen molar-refractivity contribution < 1.29 is 0 Å². The van der Waals surface area contributed by atoms with Crippen LogP contribution in [0.5, 0.6) is 0 Å². The number of rotatable bonds is 3. The van der Waals surface area contributed by atoms with E-state index >= 15 is 0 Å². The zero-order chi connectivity index (χ0) is 14.0. The molecular formula is C11H20N6O2. The fourth-order valence-corrected chi connectivity index (χ4v) is 2.25. The first-order valence-electron chi connectivity index (χ1n) is 6.36. The van der Waals surface area contributed by atoms with Crippen LogP contribution >= 0.6 is 0 Å². The summed E-state index contributed by atoms with van der Waals surface area (Å²) in [6, 6.07) is 0. The Hall–Kier alpha value is -1.67. The Labute approximate surface area is 111 Å². The summed E-state index contributed by atoms with van der Waals surface area (Å²) < 4.78 is 2.29. The summed E-state index contributed by atoms with van der Waals surface area (Å²) in [5.41, 5.74) is 4.78. The minimum atomic E-state index is -0.407. The smallest absolute Gasteiger partial charge is 0.346 e. The highest BCUT2D eigenvalue weighted by atomic mass is 16.2. The second-order valence-electron chi connectivity index (χ2n) is 4.71. The van der Waals surface area contributed by atoms with Gasteiger partial charge >= 0.3 is 5.69 Å². The third kappa shape index (κ3) is 2.69. The van der Waals surface area contributed by atoms with Crippen LogP contribution in [0.15, 0.2) is 9.59 Å². The summed E-state index contributed by atoms with van der Waals surface area (Å²) in [7, 11) is 3.02. The van der Waals surface area contributed by atoms with Gasteiger partial charge in [-0.15, -0.1) is 5.10 Å². The van der Waals surface area contributed by atoms with Gasteiger partial charge in [0.15, 0.2) is 0 Å². The summed E-state index contributed by atoms with van der Waals surface area (Å²) in [6.45, 7) is 4.66. The molecule has 1 aromatic rings. The van der Waals surface area contributed by atoms with E-state index in [0.717, 1.165) is 37.3 Å². The number of nitrogens with zero attached hydrogens (tertiary/aromatic N) is 5. The Morgan fingerprint density at radius 3 is 2.37 bits per heavy atom. The average molecular weight is 268 g/mol. The van der Waals surface area contributed by atoms with Crippen LogP contribution in [0.25, 0.3) is 0 Å². The predicted molar refractivity (Wildman–Crippen MR) is 72.4 cm³/mol. The van der Waals surface area contributed by atoms with Gasteiger partial charge in [-0.3, -0.25) is 14.3 Å². The Bertz CT molecular complexity index is 555. The van der Waals surface area contributed by atoms with E-state index in [9.17, 15) is 9.59 Å². The van der Waals surface area contributed by atoms with Crippen molar-refractivity contribution in [2.45, 2.75) is 0 Å². The summed E-state index contributed by atoms with van der Waals surface area (Å²) in [5, 5.41) is 4.08. The third-order valence-electron chi connectivity index (χ3n) is 3.42. The second-order valence-corrected chi connectivity index (χ2v) is 4.71. The molecule has 1 saturated heterocycles. The highest BCUT2D eigenvalue weighted by Gasteiger charge is 2.21. The Kier molecular flexibility index (Phi) is 4.01. The third-order valence-corrected chi connectivity index (χ3v) is 3.42. The lowest BCUT2D eigenvalue weighted by atomic mass is 10.3. The van der Waals surface area contributed by atoms with E-state index < -0.39 is 5.69 Å². The van der Waals surface area contributed by atoms with E-state index in [0.29, 0.717) is 12.4 Å². The van der Waals surface area contributed by atoms with Gasteiger partial charge in [0.05, 0.1) is 0 Å². The van der Waals surface area contributed by atoms with Gasteiger partial charge < -0.3 is 10.6 Å². The van der Waals surface area contributed by atoms with Crippen molar-refractivity contribution in [3.8, 4) is 0 Å². The quantitative estimate of drug-likeness (QED) is 0.655. The van der Waals surface area contributed by atoms with Crippen molar-refractivity contribution in [2.24, 2.45) is 19.8 Å². The summed E-state index contributed by atoms with van der Waals surface area (Å²) in [5.74, 6) is 0.344. The van der Waals surface area contributed by atoms with E-state index in [4.69, 9.17) is 5.73 Å². The first kappa shape index (κ1) is 13.8. The first-order valence-corrected chi connectivity index (χ1v) is 6.36. The van der Waals surface area contributed by atoms with Gasteiger partial charge in [0.1, 0.15) is 0 Å². The number of piperazine rings is 1. The van der Waals surface area contributed by atoms with Crippen LogP contribution < -0.4 is 21.9 Å². The van der Waals surface area contributed by atoms with Crippen molar-refractivity contribution >= 4 is 5.82 Å². The minimum Gasteiger partial charge on any atom is -0.348 e. The Morgan fingerprint density at radius 2 is 1.79 bits per heavy atom. The molecule has 106 valence electrons. The van der Waals surface area contributed by atoms with Crippen LogP contribution in [0.2, 0.25) is 0 Å². The van der Waals surface area contributed by atoms with Gasteiger partial charge in [0.2, 0.25) is 5.82 Å². The molecule has 1 aliphatic heterocycles. The fraction of sp³-hybridized carbons (Fsp3) is 0.727. The molecule has 1 aromatic heterocycles. The molecule has 2 N–H and O–H groups in total. The molecule has 2 rings (SSSR count). The molecule has 0 unspecified atom stereocenters. The minimum absolute atomic E-state index is 0.338. The molecule has 0 aliphatic carbocycles. The SMILES string of the molecule is Cn1nc(N2CCN(CCN)CC2)c(=O)n(C)c1=O. The first-order chi connectivity index (χ1) is 9.04. The molecule has 8 heteroatoms. The van der Waals surface area contributed by atoms with Gasteiger partial charge in [0.25, 0.3) is 5.56 Å². The van der Waals surface area contributed by atoms with Crippen molar-refractivity contribution in [2.75, 3.05) is 44.2 Å². The van der Waals surface area contributed by atoms with E-state index in [1.807, 2.05) is 4.90 Å². The lowest BCUT2D eigenvalue weighted by Crippen LogP contribution is -2.51. The molecule has 1 fully saturated rings. The fourth-order valence-electron chi connectivity index (χ4n) is 2.25. The highest BCUT2D eigenvalue weighted by molar-refractivity contribution is 5.35. The normalized spacial score (nSPS) is 16.9. The molecule has 1 aliphatic rings. The molecule has 2 heterocycles. The lowest BCUT2D eigenvalue weighted by Gasteiger charge is -2.34. The van der Waals surface area contributed by atoms with Crippen LogP contribution in [-0.2, 0) is 14.1 Å². The molecular weight excluding hydrogens is 248 g/mol. The predicted octanol–water partition coefficient (Wildman–Crippen LogP) is -2.44. The molecule has 0 saturated carbocycles. The molecule has 0 bridgehead atoms. The highest BCUT2D eigenvalue weighted by Crippen LogP contribution is 2.07. The zero-order valence-electron chi connectivity index (χ0n) is 11.4. The van der Waals surface area contributed by atoms with E-state index in [1.165, 1.54) is 11.7 Å². The average Bonchev–Trinajstić information content (AvgIpc) is 2.42. The van der Waals surface area contributed by atoms with E-state index in [-0.39, 0.29) is 5.56 Å². The van der Waals surface area contributed by atoms with Crippen LogP contribution in [0.4, 0.5) is 5.82 Å². The Morgan fingerprint density at radius 1 is 1.16 bits per heavy atom. The summed E-state index contributed by atoms with van der Waals surface area (Å²) in [4.78, 5) is 27.8. The number of hydrogen-bond donors (Lipinski definition) is 1. The number of aromatic nitrogens is 3. The number of anilines is 1. The van der Waals surface area contributed by atoms with Gasteiger partial charge in [-0.2, -0.15) is 0 Å². The maximum atomic E-state index is 12.1. The molecule has 19 heavy (non-hydrogen) atoms. The van der Waals surface area contributed by atoms with Crippen molar-refractivity contribution in [3.05, 3.63) is 20.8 Å². The monoisotopic (exact) mass is 268 g/mol. The van der Waals surface area contributed by atoms with Gasteiger partial charge in [-0.25, -0.2) is 9.48 Å². The van der Waals surface area contributed by atoms with Crippen LogP contribution in [0, 0.1) is 0 Å². The van der Waals surface area contributed by atoms with Gasteiger partial charge in [-0.1, -0.05) is 0 Å². The van der Waals surface area contributed by atoms with E-state index in [1.54, 1.807) is 7.05 Å².